The number of amides is 1. The van der Waals surface area contributed by atoms with Crippen LogP contribution >= 0.6 is 0 Å². The Morgan fingerprint density at radius 1 is 1.77 bits per heavy atom. The van der Waals surface area contributed by atoms with Crippen LogP contribution in [0.1, 0.15) is 18.7 Å². The van der Waals surface area contributed by atoms with Gasteiger partial charge in [0.2, 0.25) is 12.3 Å². The van der Waals surface area contributed by atoms with Crippen molar-refractivity contribution in [2.75, 3.05) is 6.54 Å². The number of hydrogen-bond acceptors (Lipinski definition) is 4. The molecule has 0 saturated carbocycles. The molecule has 0 aromatic carbocycles. The number of rotatable bonds is 3. The lowest BCUT2D eigenvalue weighted by Crippen LogP contribution is -2.29. The van der Waals surface area contributed by atoms with Gasteiger partial charge in [-0.05, 0) is 12.8 Å². The average molecular weight is 181 g/mol. The molecule has 0 N–H and O–H groups in total. The van der Waals surface area contributed by atoms with Crippen LogP contribution in [-0.2, 0) is 11.2 Å². The van der Waals surface area contributed by atoms with Gasteiger partial charge in [-0.3, -0.25) is 4.79 Å². The summed E-state index contributed by atoms with van der Waals surface area (Å²) in [5.41, 5.74) is 0. The van der Waals surface area contributed by atoms with Crippen molar-refractivity contribution in [3.05, 3.63) is 12.2 Å². The predicted octanol–water partition coefficient (Wildman–Crippen LogP) is 0.233. The van der Waals surface area contributed by atoms with Gasteiger partial charge in [0, 0.05) is 19.0 Å². The summed E-state index contributed by atoms with van der Waals surface area (Å²) in [7, 11) is 0. The van der Waals surface area contributed by atoms with E-state index in [1.54, 1.807) is 4.90 Å². The molecule has 2 heterocycles. The largest absolute Gasteiger partial charge is 0.342 e. The van der Waals surface area contributed by atoms with Gasteiger partial charge < -0.3 is 9.42 Å². The minimum Gasteiger partial charge on any atom is -0.342 e. The fourth-order valence-electron chi connectivity index (χ4n) is 1.70. The fourth-order valence-corrected chi connectivity index (χ4v) is 1.70. The van der Waals surface area contributed by atoms with Gasteiger partial charge >= 0.3 is 0 Å². The van der Waals surface area contributed by atoms with Crippen LogP contribution in [-0.4, -0.2) is 34.0 Å². The summed E-state index contributed by atoms with van der Waals surface area (Å²) in [6.45, 7) is 0.850. The third-order valence-corrected chi connectivity index (χ3v) is 2.38. The maximum Gasteiger partial charge on any atom is 0.228 e. The van der Waals surface area contributed by atoms with E-state index in [-0.39, 0.29) is 6.04 Å². The highest BCUT2D eigenvalue weighted by atomic mass is 16.5. The van der Waals surface area contributed by atoms with Gasteiger partial charge in [0.05, 0.1) is 0 Å². The maximum atomic E-state index is 10.6. The summed E-state index contributed by atoms with van der Waals surface area (Å²) in [4.78, 5) is 16.3. The van der Waals surface area contributed by atoms with Crippen molar-refractivity contribution in [1.29, 1.82) is 0 Å². The second kappa shape index (κ2) is 3.55. The summed E-state index contributed by atoms with van der Waals surface area (Å²) in [6, 6.07) is 0.248. The van der Waals surface area contributed by atoms with Crippen molar-refractivity contribution in [2.24, 2.45) is 0 Å². The summed E-state index contributed by atoms with van der Waals surface area (Å²) in [5.74, 6) is 0.610. The zero-order chi connectivity index (χ0) is 9.10. The van der Waals surface area contributed by atoms with E-state index in [2.05, 4.69) is 10.1 Å². The molecular formula is C8H11N3O2. The standard InChI is InChI=1S/C8H11N3O2/c12-6-11-3-1-2-7(11)4-8-9-5-10-13-8/h5-7H,1-4H2/t7-/m0/s1. The minimum absolute atomic E-state index is 0.248. The Balaban J connectivity index is 1.97. The predicted molar refractivity (Wildman–Crippen MR) is 43.8 cm³/mol. The molecule has 5 nitrogen and oxygen atoms in total. The molecule has 0 unspecified atom stereocenters. The second-order valence-corrected chi connectivity index (χ2v) is 3.18. The smallest absolute Gasteiger partial charge is 0.228 e. The van der Waals surface area contributed by atoms with E-state index >= 15 is 0 Å². The minimum atomic E-state index is 0.248. The van der Waals surface area contributed by atoms with E-state index in [9.17, 15) is 4.79 Å². The SMILES string of the molecule is O=CN1CCC[C@H]1Cc1ncno1. The van der Waals surface area contributed by atoms with Gasteiger partial charge in [0.15, 0.2) is 6.33 Å². The van der Waals surface area contributed by atoms with Crippen molar-refractivity contribution in [3.8, 4) is 0 Å². The Bertz CT molecular complexity index is 273. The first-order valence-electron chi connectivity index (χ1n) is 4.37. The number of hydrogen-bond donors (Lipinski definition) is 0. The molecule has 1 fully saturated rings. The molecule has 1 aromatic heterocycles. The molecule has 1 aliphatic rings. The summed E-state index contributed by atoms with van der Waals surface area (Å²) in [5, 5.41) is 3.52. The van der Waals surface area contributed by atoms with Crippen LogP contribution in [0, 0.1) is 0 Å². The average Bonchev–Trinajstić information content (AvgIpc) is 2.76. The van der Waals surface area contributed by atoms with Gasteiger partial charge in [-0.25, -0.2) is 0 Å². The number of nitrogens with zero attached hydrogens (tertiary/aromatic N) is 3. The van der Waals surface area contributed by atoms with Crippen LogP contribution in [0.3, 0.4) is 0 Å². The first-order valence-corrected chi connectivity index (χ1v) is 4.37. The van der Waals surface area contributed by atoms with E-state index in [1.165, 1.54) is 6.33 Å². The monoisotopic (exact) mass is 181 g/mol. The molecule has 0 bridgehead atoms. The number of aromatic nitrogens is 2. The Kier molecular flexibility index (Phi) is 2.25. The molecule has 1 amide bonds. The molecule has 0 aliphatic carbocycles. The lowest BCUT2D eigenvalue weighted by molar-refractivity contribution is -0.118. The van der Waals surface area contributed by atoms with Gasteiger partial charge in [0.25, 0.3) is 0 Å². The first kappa shape index (κ1) is 8.22. The van der Waals surface area contributed by atoms with Crippen molar-refractivity contribution in [1.82, 2.24) is 15.0 Å². The molecule has 1 atom stereocenters. The number of carbonyl (C=O) groups excluding carboxylic acids is 1. The highest BCUT2D eigenvalue weighted by Crippen LogP contribution is 2.18. The van der Waals surface area contributed by atoms with Crippen molar-refractivity contribution >= 4 is 6.41 Å². The molecule has 1 aliphatic heterocycles. The molecule has 13 heavy (non-hydrogen) atoms. The second-order valence-electron chi connectivity index (χ2n) is 3.18. The van der Waals surface area contributed by atoms with Gasteiger partial charge in [-0.2, -0.15) is 4.98 Å². The summed E-state index contributed by atoms with van der Waals surface area (Å²) >= 11 is 0. The van der Waals surface area contributed by atoms with Crippen LogP contribution in [0.2, 0.25) is 0 Å². The van der Waals surface area contributed by atoms with Gasteiger partial charge in [0.1, 0.15) is 0 Å². The molecule has 1 aromatic rings. The Hall–Kier alpha value is -1.39. The lowest BCUT2D eigenvalue weighted by atomic mass is 10.1. The topological polar surface area (TPSA) is 59.2 Å². The molecule has 5 heteroatoms. The number of carbonyl (C=O) groups is 1. The van der Waals surface area contributed by atoms with Crippen LogP contribution in [0.4, 0.5) is 0 Å². The van der Waals surface area contributed by atoms with Crippen LogP contribution in [0.25, 0.3) is 0 Å². The zero-order valence-electron chi connectivity index (χ0n) is 7.22. The highest BCUT2D eigenvalue weighted by Gasteiger charge is 2.24. The van der Waals surface area contributed by atoms with Crippen LogP contribution in [0.15, 0.2) is 10.9 Å². The third kappa shape index (κ3) is 1.68. The molecule has 0 spiro atoms. The highest BCUT2D eigenvalue weighted by molar-refractivity contribution is 5.48. The summed E-state index contributed by atoms with van der Waals surface area (Å²) in [6.07, 6.45) is 5.06. The molecule has 70 valence electrons. The van der Waals surface area contributed by atoms with Crippen LogP contribution in [0.5, 0.6) is 0 Å². The molecular weight excluding hydrogens is 170 g/mol. The normalized spacial score (nSPS) is 22.2. The molecule has 0 radical (unpaired) electrons. The molecule has 2 rings (SSSR count). The fraction of sp³-hybridized carbons (Fsp3) is 0.625. The maximum absolute atomic E-state index is 10.6. The van der Waals surface area contributed by atoms with Gasteiger partial charge in [-0.15, -0.1) is 0 Å². The van der Waals surface area contributed by atoms with E-state index in [0.717, 1.165) is 25.8 Å². The van der Waals surface area contributed by atoms with Crippen molar-refractivity contribution < 1.29 is 9.32 Å². The quantitative estimate of drug-likeness (QED) is 0.626. The Labute approximate surface area is 75.7 Å². The summed E-state index contributed by atoms with van der Waals surface area (Å²) < 4.78 is 4.88. The first-order chi connectivity index (χ1) is 6.40. The van der Waals surface area contributed by atoms with Crippen molar-refractivity contribution in [3.63, 3.8) is 0 Å². The lowest BCUT2D eigenvalue weighted by Gasteiger charge is -2.17. The van der Waals surface area contributed by atoms with Crippen LogP contribution < -0.4 is 0 Å². The van der Waals surface area contributed by atoms with E-state index in [0.29, 0.717) is 12.3 Å². The Morgan fingerprint density at radius 2 is 2.69 bits per heavy atom. The number of likely N-dealkylation sites (tertiary alicyclic amines) is 1. The van der Waals surface area contributed by atoms with Crippen molar-refractivity contribution in [2.45, 2.75) is 25.3 Å². The van der Waals surface area contributed by atoms with E-state index in [1.807, 2.05) is 0 Å². The van der Waals surface area contributed by atoms with E-state index in [4.69, 9.17) is 4.52 Å². The van der Waals surface area contributed by atoms with E-state index < -0.39 is 0 Å². The Morgan fingerprint density at radius 3 is 3.38 bits per heavy atom. The molecule has 1 saturated heterocycles. The third-order valence-electron chi connectivity index (χ3n) is 2.38. The zero-order valence-corrected chi connectivity index (χ0v) is 7.22. The van der Waals surface area contributed by atoms with Gasteiger partial charge in [-0.1, -0.05) is 5.16 Å².